The van der Waals surface area contributed by atoms with Crippen LogP contribution in [0.5, 0.6) is 0 Å². The summed E-state index contributed by atoms with van der Waals surface area (Å²) in [6.07, 6.45) is 2.70. The summed E-state index contributed by atoms with van der Waals surface area (Å²) in [6, 6.07) is 14.7. The number of aliphatic imine (C=N–C) groups is 1. The van der Waals surface area contributed by atoms with Crippen molar-refractivity contribution in [2.45, 2.75) is 32.9 Å². The van der Waals surface area contributed by atoms with E-state index in [2.05, 4.69) is 51.8 Å². The number of rotatable bonds is 6. The van der Waals surface area contributed by atoms with Crippen LogP contribution in [0.2, 0.25) is 0 Å². The number of benzene rings is 1. The minimum absolute atomic E-state index is 0.284. The van der Waals surface area contributed by atoms with Crippen molar-refractivity contribution in [2.24, 2.45) is 4.99 Å². The Morgan fingerprint density at radius 3 is 2.73 bits per heavy atom. The van der Waals surface area contributed by atoms with Gasteiger partial charge in [0.05, 0.1) is 6.54 Å². The lowest BCUT2D eigenvalue weighted by Crippen LogP contribution is -2.42. The summed E-state index contributed by atoms with van der Waals surface area (Å²) in [5.41, 5.74) is 1.04. The topological polar surface area (TPSA) is 67.1 Å². The van der Waals surface area contributed by atoms with Gasteiger partial charge in [0.2, 0.25) is 0 Å². The van der Waals surface area contributed by atoms with Crippen LogP contribution >= 0.6 is 11.3 Å². The fourth-order valence-corrected chi connectivity index (χ4v) is 3.74. The number of aromatic nitrogens is 3. The van der Waals surface area contributed by atoms with Gasteiger partial charge in [-0.25, -0.2) is 0 Å². The highest BCUT2D eigenvalue weighted by Crippen LogP contribution is 2.16. The second kappa shape index (κ2) is 8.62. The van der Waals surface area contributed by atoms with Crippen molar-refractivity contribution in [1.82, 2.24) is 25.4 Å². The molecule has 0 saturated heterocycles. The molecule has 0 aliphatic heterocycles. The van der Waals surface area contributed by atoms with Crippen LogP contribution in [-0.2, 0) is 13.0 Å². The summed E-state index contributed by atoms with van der Waals surface area (Å²) >= 11 is 1.84. The van der Waals surface area contributed by atoms with Crippen LogP contribution in [0.1, 0.15) is 22.5 Å². The van der Waals surface area contributed by atoms with E-state index in [0.29, 0.717) is 6.54 Å². The predicted molar refractivity (Wildman–Crippen MR) is 107 cm³/mol. The number of hydrogen-bond donors (Lipinski definition) is 2. The highest BCUT2D eigenvalue weighted by molar-refractivity contribution is 7.11. The van der Waals surface area contributed by atoms with Crippen LogP contribution in [0, 0.1) is 6.92 Å². The molecular formula is C19H24N6S. The summed E-state index contributed by atoms with van der Waals surface area (Å²) < 4.78 is 1.97. The van der Waals surface area contributed by atoms with Crippen LogP contribution < -0.4 is 10.6 Å². The van der Waals surface area contributed by atoms with E-state index >= 15 is 0 Å². The summed E-state index contributed by atoms with van der Waals surface area (Å²) in [6.45, 7) is 4.84. The molecule has 0 aliphatic carbocycles. The van der Waals surface area contributed by atoms with Gasteiger partial charge >= 0.3 is 0 Å². The van der Waals surface area contributed by atoms with E-state index in [1.807, 2.05) is 46.2 Å². The van der Waals surface area contributed by atoms with Crippen LogP contribution in [0.25, 0.3) is 5.69 Å². The Kier molecular flexibility index (Phi) is 6.01. The molecule has 2 aromatic heterocycles. The van der Waals surface area contributed by atoms with E-state index in [0.717, 1.165) is 23.9 Å². The molecule has 6 nitrogen and oxygen atoms in total. The molecule has 0 aliphatic rings. The number of hydrogen-bond acceptors (Lipinski definition) is 4. The Bertz CT molecular complexity index is 852. The quantitative estimate of drug-likeness (QED) is 0.519. The molecule has 0 spiro atoms. The van der Waals surface area contributed by atoms with E-state index in [-0.39, 0.29) is 6.04 Å². The molecule has 7 heteroatoms. The standard InChI is InChI=1S/C19H24N6S/c1-14(11-17-10-9-15(2)26-17)23-19(20-3)21-12-18-24-22-13-25(18)16-7-5-4-6-8-16/h4-10,13-14H,11-12H2,1-3H3,(H2,20,21,23). The minimum atomic E-state index is 0.284. The predicted octanol–water partition coefficient (Wildman–Crippen LogP) is 2.93. The number of para-hydroxylation sites is 1. The van der Waals surface area contributed by atoms with Crippen molar-refractivity contribution >= 4 is 17.3 Å². The lowest BCUT2D eigenvalue weighted by Gasteiger charge is -2.17. The first-order valence-corrected chi connectivity index (χ1v) is 9.44. The number of nitrogens with one attached hydrogen (secondary N) is 2. The van der Waals surface area contributed by atoms with Gasteiger partial charge in [0, 0.05) is 35.0 Å². The molecular weight excluding hydrogens is 344 g/mol. The van der Waals surface area contributed by atoms with E-state index in [4.69, 9.17) is 0 Å². The molecule has 3 aromatic rings. The van der Waals surface area contributed by atoms with Gasteiger partial charge in [0.15, 0.2) is 11.8 Å². The Morgan fingerprint density at radius 2 is 2.04 bits per heavy atom. The average Bonchev–Trinajstić information content (AvgIpc) is 3.28. The van der Waals surface area contributed by atoms with Crippen molar-refractivity contribution in [2.75, 3.05) is 7.05 Å². The Balaban J connectivity index is 1.57. The smallest absolute Gasteiger partial charge is 0.191 e. The zero-order chi connectivity index (χ0) is 18.4. The monoisotopic (exact) mass is 368 g/mol. The molecule has 0 fully saturated rings. The minimum Gasteiger partial charge on any atom is -0.354 e. The Labute approximate surface area is 158 Å². The highest BCUT2D eigenvalue weighted by Gasteiger charge is 2.10. The molecule has 0 radical (unpaired) electrons. The van der Waals surface area contributed by atoms with Crippen LogP contribution in [0.4, 0.5) is 0 Å². The van der Waals surface area contributed by atoms with Gasteiger partial charge < -0.3 is 10.6 Å². The van der Waals surface area contributed by atoms with Gasteiger partial charge in [-0.05, 0) is 38.1 Å². The van der Waals surface area contributed by atoms with Crippen molar-refractivity contribution in [1.29, 1.82) is 0 Å². The van der Waals surface area contributed by atoms with Gasteiger partial charge in [-0.2, -0.15) is 0 Å². The number of guanidine groups is 1. The van der Waals surface area contributed by atoms with Crippen molar-refractivity contribution in [3.8, 4) is 5.69 Å². The molecule has 2 heterocycles. The SMILES string of the molecule is CN=C(NCc1nncn1-c1ccccc1)NC(C)Cc1ccc(C)s1. The molecule has 3 rings (SSSR count). The van der Waals surface area contributed by atoms with E-state index in [1.165, 1.54) is 9.75 Å². The summed E-state index contributed by atoms with van der Waals surface area (Å²) in [4.78, 5) is 7.04. The normalized spacial score (nSPS) is 12.8. The molecule has 0 amide bonds. The van der Waals surface area contributed by atoms with Gasteiger partial charge in [0.25, 0.3) is 0 Å². The second-order valence-electron chi connectivity index (χ2n) is 6.14. The molecule has 0 bridgehead atoms. The fourth-order valence-electron chi connectivity index (χ4n) is 2.72. The molecule has 26 heavy (non-hydrogen) atoms. The average molecular weight is 369 g/mol. The second-order valence-corrected chi connectivity index (χ2v) is 7.51. The molecule has 2 N–H and O–H groups in total. The van der Waals surface area contributed by atoms with Gasteiger partial charge in [-0.3, -0.25) is 9.56 Å². The van der Waals surface area contributed by atoms with Gasteiger partial charge in [-0.1, -0.05) is 18.2 Å². The zero-order valence-corrected chi connectivity index (χ0v) is 16.1. The first kappa shape index (κ1) is 18.1. The zero-order valence-electron chi connectivity index (χ0n) is 15.3. The third kappa shape index (κ3) is 4.70. The van der Waals surface area contributed by atoms with Crippen molar-refractivity contribution in [3.63, 3.8) is 0 Å². The highest BCUT2D eigenvalue weighted by atomic mass is 32.1. The molecule has 1 unspecified atom stereocenters. The third-order valence-corrected chi connectivity index (χ3v) is 5.00. The molecule has 136 valence electrons. The molecule has 0 saturated carbocycles. The summed E-state index contributed by atoms with van der Waals surface area (Å²) in [5, 5.41) is 15.0. The maximum atomic E-state index is 4.32. The first-order valence-electron chi connectivity index (χ1n) is 8.62. The summed E-state index contributed by atoms with van der Waals surface area (Å²) in [7, 11) is 1.78. The van der Waals surface area contributed by atoms with E-state index in [9.17, 15) is 0 Å². The molecule has 1 aromatic carbocycles. The summed E-state index contributed by atoms with van der Waals surface area (Å²) in [5.74, 6) is 1.59. The lowest BCUT2D eigenvalue weighted by molar-refractivity contribution is 0.640. The fraction of sp³-hybridized carbons (Fsp3) is 0.316. The maximum absolute atomic E-state index is 4.32. The Hall–Kier alpha value is -2.67. The molecule has 1 atom stereocenters. The van der Waals surface area contributed by atoms with Gasteiger partial charge in [-0.15, -0.1) is 21.5 Å². The number of thiophene rings is 1. The lowest BCUT2D eigenvalue weighted by atomic mass is 10.2. The number of aryl methyl sites for hydroxylation is 1. The van der Waals surface area contributed by atoms with Crippen LogP contribution in [0.3, 0.4) is 0 Å². The Morgan fingerprint density at radius 1 is 1.23 bits per heavy atom. The van der Waals surface area contributed by atoms with E-state index in [1.54, 1.807) is 13.4 Å². The third-order valence-electron chi connectivity index (χ3n) is 3.98. The van der Waals surface area contributed by atoms with E-state index < -0.39 is 0 Å². The van der Waals surface area contributed by atoms with Gasteiger partial charge in [0.1, 0.15) is 6.33 Å². The van der Waals surface area contributed by atoms with Crippen LogP contribution in [-0.4, -0.2) is 33.8 Å². The number of nitrogens with zero attached hydrogens (tertiary/aromatic N) is 4. The first-order chi connectivity index (χ1) is 12.7. The van der Waals surface area contributed by atoms with Crippen molar-refractivity contribution in [3.05, 3.63) is 64.4 Å². The van der Waals surface area contributed by atoms with Crippen molar-refractivity contribution < 1.29 is 0 Å². The largest absolute Gasteiger partial charge is 0.354 e. The maximum Gasteiger partial charge on any atom is 0.191 e. The van der Waals surface area contributed by atoms with Crippen LogP contribution in [0.15, 0.2) is 53.8 Å².